The number of carbonyl (C=O) groups is 1. The van der Waals surface area contributed by atoms with Crippen molar-refractivity contribution >= 4 is 5.78 Å². The first kappa shape index (κ1) is 20.1. The van der Waals surface area contributed by atoms with Gasteiger partial charge >= 0.3 is 0 Å². The Labute approximate surface area is 145 Å². The molecule has 2 rings (SSSR count). The zero-order chi connectivity index (χ0) is 18.2. The lowest BCUT2D eigenvalue weighted by Crippen LogP contribution is -2.29. The van der Waals surface area contributed by atoms with Crippen LogP contribution in [0.25, 0.3) is 0 Å². The van der Waals surface area contributed by atoms with Gasteiger partial charge in [-0.3, -0.25) is 0 Å². The first-order valence-corrected chi connectivity index (χ1v) is 8.10. The van der Waals surface area contributed by atoms with Gasteiger partial charge in [0, 0.05) is 0 Å². The van der Waals surface area contributed by atoms with Crippen LogP contribution in [0.5, 0.6) is 0 Å². The Bertz CT molecular complexity index is 561. The molecule has 130 valence electrons. The van der Waals surface area contributed by atoms with Crippen LogP contribution in [-0.4, -0.2) is 5.78 Å². The molecular weight excluding hydrogens is 300 g/mol. The predicted octanol–water partition coefficient (Wildman–Crippen LogP) is 5.40. The minimum absolute atomic E-state index is 0.167. The van der Waals surface area contributed by atoms with Gasteiger partial charge in [-0.15, -0.1) is 0 Å². The van der Waals surface area contributed by atoms with E-state index in [1.165, 1.54) is 13.8 Å². The van der Waals surface area contributed by atoms with Gasteiger partial charge in [-0.25, -0.2) is 9.78 Å². The average molecular weight is 328 g/mol. The summed E-state index contributed by atoms with van der Waals surface area (Å²) in [6.07, 6.45) is 0. The number of hydrogen-bond acceptors (Lipinski definition) is 3. The Hall–Kier alpha value is -1.97. The fraction of sp³-hybridized carbons (Fsp3) is 0.381. The third-order valence-electron chi connectivity index (χ3n) is 3.40. The number of ketones is 1. The summed E-state index contributed by atoms with van der Waals surface area (Å²) < 4.78 is 0. The van der Waals surface area contributed by atoms with Crippen LogP contribution in [0.1, 0.15) is 52.7 Å². The maximum absolute atomic E-state index is 9.44. The molecule has 0 radical (unpaired) electrons. The molecular formula is C21H28O3. The second-order valence-electron chi connectivity index (χ2n) is 6.83. The molecule has 0 heterocycles. The van der Waals surface area contributed by atoms with Gasteiger partial charge < -0.3 is 4.79 Å². The van der Waals surface area contributed by atoms with E-state index in [1.54, 1.807) is 0 Å². The van der Waals surface area contributed by atoms with Crippen LogP contribution < -0.4 is 0 Å². The molecule has 3 heteroatoms. The highest BCUT2D eigenvalue weighted by molar-refractivity contribution is 5.72. The molecule has 0 saturated carbocycles. The summed E-state index contributed by atoms with van der Waals surface area (Å²) in [6.45, 7) is 11.1. The van der Waals surface area contributed by atoms with E-state index in [-0.39, 0.29) is 5.78 Å². The first-order chi connectivity index (χ1) is 11.1. The highest BCUT2D eigenvalue weighted by Crippen LogP contribution is 2.31. The molecule has 0 aliphatic carbocycles. The lowest BCUT2D eigenvalue weighted by atomic mass is 9.98. The maximum Gasteiger partial charge on any atom is 0.126 e. The molecule has 0 aliphatic rings. The number of rotatable bonds is 5. The fourth-order valence-electron chi connectivity index (χ4n) is 1.98. The van der Waals surface area contributed by atoms with Gasteiger partial charge in [0.15, 0.2) is 0 Å². The van der Waals surface area contributed by atoms with Crippen molar-refractivity contribution in [3.05, 3.63) is 71.8 Å². The summed E-state index contributed by atoms with van der Waals surface area (Å²) in [5.41, 5.74) is 1.19. The van der Waals surface area contributed by atoms with Crippen molar-refractivity contribution in [2.45, 2.75) is 52.7 Å². The Morgan fingerprint density at radius 1 is 0.667 bits per heavy atom. The molecule has 0 bridgehead atoms. The largest absolute Gasteiger partial charge is 0.300 e. The minimum atomic E-state index is -0.493. The molecule has 0 unspecified atom stereocenters. The maximum atomic E-state index is 9.44. The van der Waals surface area contributed by atoms with Crippen molar-refractivity contribution < 1.29 is 14.6 Å². The zero-order valence-electron chi connectivity index (χ0n) is 15.5. The Balaban J connectivity index is 0.000000648. The first-order valence-electron chi connectivity index (χ1n) is 8.10. The van der Waals surface area contributed by atoms with E-state index in [9.17, 15) is 4.79 Å². The zero-order valence-corrected chi connectivity index (χ0v) is 15.5. The summed E-state index contributed by atoms with van der Waals surface area (Å²) in [7, 11) is 0. The van der Waals surface area contributed by atoms with Crippen molar-refractivity contribution in [2.75, 3.05) is 0 Å². The van der Waals surface area contributed by atoms with E-state index in [4.69, 9.17) is 9.78 Å². The number of benzene rings is 2. The Morgan fingerprint density at radius 3 is 1.17 bits per heavy atom. The van der Waals surface area contributed by atoms with Crippen LogP contribution >= 0.6 is 0 Å². The molecule has 0 atom stereocenters. The lowest BCUT2D eigenvalue weighted by molar-refractivity contribution is -0.410. The van der Waals surface area contributed by atoms with E-state index in [0.717, 1.165) is 11.1 Å². The summed E-state index contributed by atoms with van der Waals surface area (Å²) in [5, 5.41) is 0. The van der Waals surface area contributed by atoms with E-state index in [1.807, 2.05) is 88.4 Å². The van der Waals surface area contributed by atoms with E-state index < -0.39 is 11.2 Å². The van der Waals surface area contributed by atoms with Gasteiger partial charge in [-0.2, -0.15) is 0 Å². The number of Topliss-reactive ketones (excluding diaryl/α,β-unsaturated/α-hetero) is 1. The monoisotopic (exact) mass is 328 g/mol. The normalized spacial score (nSPS) is 11.4. The Morgan fingerprint density at radius 2 is 0.917 bits per heavy atom. The predicted molar refractivity (Wildman–Crippen MR) is 97.5 cm³/mol. The molecule has 3 nitrogen and oxygen atoms in total. The lowest BCUT2D eigenvalue weighted by Gasteiger charge is -2.31. The SMILES string of the molecule is CC(C)(OOC(C)(C)c1ccccc1)c1ccccc1.CC(C)=O. The Kier molecular flexibility index (Phi) is 7.33. The van der Waals surface area contributed by atoms with Gasteiger partial charge in [0.2, 0.25) is 0 Å². The van der Waals surface area contributed by atoms with Crippen molar-refractivity contribution in [3.63, 3.8) is 0 Å². The fourth-order valence-corrected chi connectivity index (χ4v) is 1.98. The second-order valence-corrected chi connectivity index (χ2v) is 6.83. The van der Waals surface area contributed by atoms with Gasteiger partial charge in [0.05, 0.1) is 0 Å². The van der Waals surface area contributed by atoms with Crippen LogP contribution in [0.2, 0.25) is 0 Å². The van der Waals surface area contributed by atoms with Crippen LogP contribution in [-0.2, 0) is 25.8 Å². The highest BCUT2D eigenvalue weighted by atomic mass is 17.2. The summed E-state index contributed by atoms with van der Waals surface area (Å²) in [4.78, 5) is 20.9. The third kappa shape index (κ3) is 6.65. The molecule has 0 saturated heterocycles. The van der Waals surface area contributed by atoms with E-state index >= 15 is 0 Å². The van der Waals surface area contributed by atoms with Crippen molar-refractivity contribution in [2.24, 2.45) is 0 Å². The quantitative estimate of drug-likeness (QED) is 0.544. The molecule has 0 aliphatic heterocycles. The van der Waals surface area contributed by atoms with Gasteiger partial charge in [0.1, 0.15) is 17.0 Å². The molecule has 2 aromatic carbocycles. The molecule has 0 amide bonds. The van der Waals surface area contributed by atoms with Gasteiger partial charge in [-0.05, 0) is 52.7 Å². The van der Waals surface area contributed by atoms with Crippen LogP contribution in [0.3, 0.4) is 0 Å². The minimum Gasteiger partial charge on any atom is -0.300 e. The molecule has 0 spiro atoms. The molecule has 0 N–H and O–H groups in total. The summed E-state index contributed by atoms with van der Waals surface area (Å²) in [6, 6.07) is 20.2. The average Bonchev–Trinajstić information content (AvgIpc) is 2.54. The van der Waals surface area contributed by atoms with Crippen LogP contribution in [0, 0.1) is 0 Å². The van der Waals surface area contributed by atoms with Crippen LogP contribution in [0.4, 0.5) is 0 Å². The highest BCUT2D eigenvalue weighted by Gasteiger charge is 2.29. The molecule has 24 heavy (non-hydrogen) atoms. The van der Waals surface area contributed by atoms with Crippen molar-refractivity contribution in [1.82, 2.24) is 0 Å². The third-order valence-corrected chi connectivity index (χ3v) is 3.40. The summed E-state index contributed by atoms with van der Waals surface area (Å²) in [5.74, 6) is 0.167. The molecule has 2 aromatic rings. The molecule has 0 fully saturated rings. The van der Waals surface area contributed by atoms with Crippen molar-refractivity contribution in [1.29, 1.82) is 0 Å². The number of carbonyl (C=O) groups excluding carboxylic acids is 1. The summed E-state index contributed by atoms with van der Waals surface area (Å²) >= 11 is 0. The van der Waals surface area contributed by atoms with Gasteiger partial charge in [-0.1, -0.05) is 60.7 Å². The number of hydrogen-bond donors (Lipinski definition) is 0. The van der Waals surface area contributed by atoms with Gasteiger partial charge in [0.25, 0.3) is 0 Å². The topological polar surface area (TPSA) is 35.5 Å². The molecule has 0 aromatic heterocycles. The van der Waals surface area contributed by atoms with E-state index in [0.29, 0.717) is 0 Å². The smallest absolute Gasteiger partial charge is 0.126 e. The second kappa shape index (κ2) is 8.76. The van der Waals surface area contributed by atoms with E-state index in [2.05, 4.69) is 0 Å². The van der Waals surface area contributed by atoms with Crippen molar-refractivity contribution in [3.8, 4) is 0 Å². The van der Waals surface area contributed by atoms with Crippen LogP contribution in [0.15, 0.2) is 60.7 Å². The standard InChI is InChI=1S/C18H22O2.C3H6O/c1-17(2,15-11-7-5-8-12-15)19-20-18(3,4)16-13-9-6-10-14-16;1-3(2)4/h5-14H,1-4H3;1-2H3.